The number of para-hydroxylation sites is 1. The van der Waals surface area contributed by atoms with E-state index in [9.17, 15) is 0 Å². The second kappa shape index (κ2) is 5.90. The van der Waals surface area contributed by atoms with E-state index in [0.29, 0.717) is 0 Å². The first-order valence-electron chi connectivity index (χ1n) is 7.65. The lowest BCUT2D eigenvalue weighted by Gasteiger charge is -2.27. The van der Waals surface area contributed by atoms with E-state index in [1.54, 1.807) is 7.11 Å². The van der Waals surface area contributed by atoms with Crippen molar-refractivity contribution in [3.8, 4) is 5.75 Å². The molecule has 112 valence electrons. The Morgan fingerprint density at radius 2 is 2.00 bits per heavy atom. The van der Waals surface area contributed by atoms with E-state index < -0.39 is 0 Å². The molecule has 21 heavy (non-hydrogen) atoms. The summed E-state index contributed by atoms with van der Waals surface area (Å²) < 4.78 is 7.79. The van der Waals surface area contributed by atoms with Gasteiger partial charge in [0, 0.05) is 17.3 Å². The number of aryl methyl sites for hydroxylation is 1. The topological polar surface area (TPSA) is 53.1 Å². The molecule has 4 nitrogen and oxygen atoms in total. The van der Waals surface area contributed by atoms with Crippen molar-refractivity contribution < 1.29 is 4.74 Å². The number of methoxy groups -OCH3 is 1. The van der Waals surface area contributed by atoms with Gasteiger partial charge in [-0.2, -0.15) is 0 Å². The number of rotatable bonds is 4. The molecule has 0 aliphatic heterocycles. The van der Waals surface area contributed by atoms with E-state index in [1.165, 1.54) is 24.2 Å². The quantitative estimate of drug-likeness (QED) is 0.939. The molecule has 1 aliphatic rings. The molecule has 4 heteroatoms. The summed E-state index contributed by atoms with van der Waals surface area (Å²) in [5.74, 6) is 0.887. The van der Waals surface area contributed by atoms with Crippen molar-refractivity contribution in [1.82, 2.24) is 9.55 Å². The second-order valence-electron chi connectivity index (χ2n) is 5.80. The van der Waals surface area contributed by atoms with Crippen molar-refractivity contribution in [2.75, 3.05) is 7.11 Å². The van der Waals surface area contributed by atoms with Gasteiger partial charge in [0.2, 0.25) is 0 Å². The second-order valence-corrected chi connectivity index (χ2v) is 5.80. The van der Waals surface area contributed by atoms with Crippen LogP contribution in [0, 0.1) is 0 Å². The lowest BCUT2D eigenvalue weighted by molar-refractivity contribution is 0.390. The average molecular weight is 285 g/mol. The van der Waals surface area contributed by atoms with Gasteiger partial charge in [-0.05, 0) is 38.7 Å². The summed E-state index contributed by atoms with van der Waals surface area (Å²) in [6.07, 6.45) is 6.60. The van der Waals surface area contributed by atoms with E-state index in [4.69, 9.17) is 10.5 Å². The molecule has 1 aromatic carbocycles. The zero-order chi connectivity index (χ0) is 14.8. The van der Waals surface area contributed by atoms with Crippen molar-refractivity contribution in [3.05, 3.63) is 47.5 Å². The van der Waals surface area contributed by atoms with Crippen molar-refractivity contribution in [2.45, 2.75) is 44.7 Å². The van der Waals surface area contributed by atoms with E-state index in [-0.39, 0.29) is 12.1 Å². The maximum Gasteiger partial charge on any atom is 0.124 e. The van der Waals surface area contributed by atoms with Gasteiger partial charge in [0.15, 0.2) is 0 Å². The first-order valence-corrected chi connectivity index (χ1v) is 7.65. The third kappa shape index (κ3) is 2.56. The molecule has 0 spiro atoms. The number of aromatic nitrogens is 2. The van der Waals surface area contributed by atoms with E-state index in [0.717, 1.165) is 24.2 Å². The highest BCUT2D eigenvalue weighted by atomic mass is 16.5. The van der Waals surface area contributed by atoms with Crippen LogP contribution in [0.25, 0.3) is 0 Å². The standard InChI is InChI=1S/C17H23N3O/c1-12(18)17(13-7-3-6-10-16(13)21-2)20-11-19-14-8-4-5-9-15(14)20/h3,6-7,10-12,17H,4-5,8-9,18H2,1-2H3. The molecule has 3 rings (SSSR count). The zero-order valence-electron chi connectivity index (χ0n) is 12.7. The van der Waals surface area contributed by atoms with Crippen LogP contribution in [0.15, 0.2) is 30.6 Å². The fraction of sp³-hybridized carbons (Fsp3) is 0.471. The Hall–Kier alpha value is -1.81. The molecule has 0 radical (unpaired) electrons. The predicted octanol–water partition coefficient (Wildman–Crippen LogP) is 2.71. The molecule has 2 atom stereocenters. The van der Waals surface area contributed by atoms with Gasteiger partial charge in [0.1, 0.15) is 5.75 Å². The summed E-state index contributed by atoms with van der Waals surface area (Å²) in [7, 11) is 1.71. The Morgan fingerprint density at radius 1 is 1.24 bits per heavy atom. The molecule has 2 aromatic rings. The third-order valence-electron chi connectivity index (χ3n) is 4.32. The smallest absolute Gasteiger partial charge is 0.124 e. The van der Waals surface area contributed by atoms with Crippen molar-refractivity contribution in [2.24, 2.45) is 5.73 Å². The molecule has 0 amide bonds. The van der Waals surface area contributed by atoms with Crippen LogP contribution in [0.2, 0.25) is 0 Å². The van der Waals surface area contributed by atoms with Gasteiger partial charge in [-0.3, -0.25) is 0 Å². The number of ether oxygens (including phenoxy) is 1. The van der Waals surface area contributed by atoms with Crippen molar-refractivity contribution in [3.63, 3.8) is 0 Å². The highest BCUT2D eigenvalue weighted by Gasteiger charge is 2.26. The monoisotopic (exact) mass is 285 g/mol. The summed E-state index contributed by atoms with van der Waals surface area (Å²) in [5, 5.41) is 0. The van der Waals surface area contributed by atoms with Crippen LogP contribution in [0.1, 0.15) is 42.8 Å². The van der Waals surface area contributed by atoms with Crippen LogP contribution in [-0.4, -0.2) is 22.7 Å². The fourth-order valence-electron chi connectivity index (χ4n) is 3.33. The maximum atomic E-state index is 6.31. The fourth-order valence-corrected chi connectivity index (χ4v) is 3.33. The van der Waals surface area contributed by atoms with Gasteiger partial charge in [0.25, 0.3) is 0 Å². The Bertz CT molecular complexity index is 618. The van der Waals surface area contributed by atoms with Crippen LogP contribution < -0.4 is 10.5 Å². The lowest BCUT2D eigenvalue weighted by atomic mass is 9.96. The number of fused-ring (bicyclic) bond motifs is 1. The molecular weight excluding hydrogens is 262 g/mol. The minimum atomic E-state index is -0.0125. The highest BCUT2D eigenvalue weighted by molar-refractivity contribution is 5.38. The Kier molecular flexibility index (Phi) is 3.97. The molecular formula is C17H23N3O. The zero-order valence-corrected chi connectivity index (χ0v) is 12.7. The van der Waals surface area contributed by atoms with E-state index >= 15 is 0 Å². The average Bonchev–Trinajstić information content (AvgIpc) is 2.92. The van der Waals surface area contributed by atoms with E-state index in [1.807, 2.05) is 31.5 Å². The molecule has 0 saturated carbocycles. The van der Waals surface area contributed by atoms with Crippen LogP contribution in [0.5, 0.6) is 5.75 Å². The Labute approximate surface area is 125 Å². The van der Waals surface area contributed by atoms with Gasteiger partial charge >= 0.3 is 0 Å². The molecule has 0 bridgehead atoms. The summed E-state index contributed by atoms with van der Waals surface area (Å²) in [4.78, 5) is 4.61. The SMILES string of the molecule is COc1ccccc1C(C(C)N)n1cnc2c1CCCC2. The largest absolute Gasteiger partial charge is 0.496 e. The Balaban J connectivity index is 2.08. The minimum Gasteiger partial charge on any atom is -0.496 e. The van der Waals surface area contributed by atoms with Gasteiger partial charge in [-0.15, -0.1) is 0 Å². The first kappa shape index (κ1) is 14.1. The molecule has 2 N–H and O–H groups in total. The minimum absolute atomic E-state index is 0.0125. The lowest BCUT2D eigenvalue weighted by Crippen LogP contribution is -2.31. The number of imidazole rings is 1. The number of hydrogen-bond acceptors (Lipinski definition) is 3. The highest BCUT2D eigenvalue weighted by Crippen LogP contribution is 2.33. The number of benzene rings is 1. The third-order valence-corrected chi connectivity index (χ3v) is 4.32. The normalized spacial score (nSPS) is 17.1. The maximum absolute atomic E-state index is 6.31. The molecule has 2 unspecified atom stereocenters. The van der Waals surface area contributed by atoms with Crippen molar-refractivity contribution in [1.29, 1.82) is 0 Å². The summed E-state index contributed by atoms with van der Waals surface area (Å²) >= 11 is 0. The number of hydrogen-bond donors (Lipinski definition) is 1. The van der Waals surface area contributed by atoms with E-state index in [2.05, 4.69) is 15.6 Å². The van der Waals surface area contributed by atoms with Crippen LogP contribution in [0.3, 0.4) is 0 Å². The molecule has 1 aromatic heterocycles. The molecule has 1 heterocycles. The number of nitrogens with two attached hydrogens (primary N) is 1. The van der Waals surface area contributed by atoms with Crippen molar-refractivity contribution >= 4 is 0 Å². The summed E-state index contributed by atoms with van der Waals surface area (Å²) in [6.45, 7) is 2.05. The summed E-state index contributed by atoms with van der Waals surface area (Å²) in [5.41, 5.74) is 10.0. The number of nitrogens with zero attached hydrogens (tertiary/aromatic N) is 2. The van der Waals surface area contributed by atoms with Crippen LogP contribution >= 0.6 is 0 Å². The first-order chi connectivity index (χ1) is 10.2. The van der Waals surface area contributed by atoms with Crippen LogP contribution in [0.4, 0.5) is 0 Å². The Morgan fingerprint density at radius 3 is 2.76 bits per heavy atom. The van der Waals surface area contributed by atoms with Gasteiger partial charge in [-0.25, -0.2) is 4.98 Å². The predicted molar refractivity (Wildman–Crippen MR) is 83.7 cm³/mol. The van der Waals surface area contributed by atoms with Gasteiger partial charge < -0.3 is 15.0 Å². The molecule has 0 saturated heterocycles. The van der Waals surface area contributed by atoms with Gasteiger partial charge in [-0.1, -0.05) is 18.2 Å². The molecule has 0 fully saturated rings. The van der Waals surface area contributed by atoms with Gasteiger partial charge in [0.05, 0.1) is 25.2 Å². The molecule has 1 aliphatic carbocycles. The summed E-state index contributed by atoms with van der Waals surface area (Å²) in [6, 6.07) is 8.17. The van der Waals surface area contributed by atoms with Crippen LogP contribution in [-0.2, 0) is 12.8 Å².